The molecule has 0 aliphatic carbocycles. The van der Waals surface area contributed by atoms with Crippen molar-refractivity contribution in [1.82, 2.24) is 21.1 Å². The van der Waals surface area contributed by atoms with E-state index in [2.05, 4.69) is 21.1 Å². The van der Waals surface area contributed by atoms with E-state index in [-0.39, 0.29) is 24.3 Å². The Kier molecular flexibility index (Phi) is 13.0. The maximum atomic E-state index is 14.0. The van der Waals surface area contributed by atoms with Gasteiger partial charge in [0.05, 0.1) is 30.9 Å². The zero-order valence-corrected chi connectivity index (χ0v) is 28.2. The van der Waals surface area contributed by atoms with Crippen molar-refractivity contribution in [2.45, 2.75) is 64.7 Å². The molecule has 2 aromatic carbocycles. The maximum Gasteiger partial charge on any atom is 0.257 e. The number of rotatable bonds is 15. The molecule has 11 heteroatoms. The number of para-hydroxylation sites is 1. The van der Waals surface area contributed by atoms with Gasteiger partial charge in [0.2, 0.25) is 11.8 Å². The van der Waals surface area contributed by atoms with Crippen LogP contribution in [0.2, 0.25) is 0 Å². The van der Waals surface area contributed by atoms with Crippen LogP contribution in [0.1, 0.15) is 52.2 Å². The number of likely N-dealkylation sites (N-methyl/N-ethyl adjacent to an activating group) is 1. The van der Waals surface area contributed by atoms with Gasteiger partial charge in [-0.1, -0.05) is 58.9 Å². The quantitative estimate of drug-likeness (QED) is 0.198. The van der Waals surface area contributed by atoms with Gasteiger partial charge in [0.25, 0.3) is 5.91 Å². The smallest absolute Gasteiger partial charge is 0.257 e. The summed E-state index contributed by atoms with van der Waals surface area (Å²) < 4.78 is 10.7. The third-order valence-corrected chi connectivity index (χ3v) is 8.76. The number of hydroxylamine groups is 1. The highest BCUT2D eigenvalue weighted by molar-refractivity contribution is 7.99. The van der Waals surface area contributed by atoms with Crippen LogP contribution in [-0.2, 0) is 31.6 Å². The molecule has 244 valence electrons. The molecule has 3 N–H and O–H groups in total. The summed E-state index contributed by atoms with van der Waals surface area (Å²) in [7, 11) is 4.65. The molecule has 0 saturated heterocycles. The average Bonchev–Trinajstić information content (AvgIpc) is 3.02. The van der Waals surface area contributed by atoms with Crippen LogP contribution in [0.4, 0.5) is 0 Å². The summed E-state index contributed by atoms with van der Waals surface area (Å²) in [6, 6.07) is 14.3. The Morgan fingerprint density at radius 3 is 2.31 bits per heavy atom. The minimum Gasteiger partial charge on any atom is -0.497 e. The molecule has 0 bridgehead atoms. The number of amides is 3. The third kappa shape index (κ3) is 9.83. The van der Waals surface area contributed by atoms with Gasteiger partial charge in [-0.2, -0.15) is 0 Å². The number of carbonyl (C=O) groups excluding carboxylic acids is 3. The molecule has 0 spiro atoms. The van der Waals surface area contributed by atoms with E-state index in [0.717, 1.165) is 16.5 Å². The van der Waals surface area contributed by atoms with Gasteiger partial charge in [-0.15, -0.1) is 11.8 Å². The molecule has 0 unspecified atom stereocenters. The lowest BCUT2D eigenvalue weighted by Crippen LogP contribution is -2.56. The number of aromatic nitrogens is 1. The molecular formula is C34H46N4O6S. The highest BCUT2D eigenvalue weighted by Gasteiger charge is 2.39. The molecule has 10 nitrogen and oxygen atoms in total. The van der Waals surface area contributed by atoms with E-state index in [0.29, 0.717) is 29.2 Å². The molecule has 0 saturated carbocycles. The third-order valence-electron chi connectivity index (χ3n) is 7.38. The van der Waals surface area contributed by atoms with E-state index in [9.17, 15) is 14.4 Å². The largest absolute Gasteiger partial charge is 0.497 e. The number of hydrogen-bond acceptors (Lipinski definition) is 8. The SMILES string of the molecule is CNC(=O)[C@@H](NC(=O)[C@@H](CC(C)C)[C@H](SCc1cccc2cccnc12)C(=O)NOCc1ccc(OC)cc1OC)C(C)(C)C. The standard InChI is InChI=1S/C34H46N4O6S/c1-21(2)17-26(31(39)37-30(33(41)35-6)34(3,4)5)29(45-20-24-12-9-11-22-13-10-16-36-28(22)24)32(40)38-44-19-23-14-15-25(42-7)18-27(23)43-8/h9-16,18,21,26,29-30H,17,19-20H2,1-8H3,(H,35,41)(H,37,39)(H,38,40)/t26-,29-,30+/m0/s1. The molecule has 0 fully saturated rings. The van der Waals surface area contributed by atoms with Crippen molar-refractivity contribution >= 4 is 40.4 Å². The Balaban J connectivity index is 1.91. The Hall–Kier alpha value is -3.83. The van der Waals surface area contributed by atoms with Crippen LogP contribution in [0, 0.1) is 17.3 Å². The Labute approximate surface area is 270 Å². The van der Waals surface area contributed by atoms with Gasteiger partial charge < -0.3 is 20.1 Å². The second-order valence-corrected chi connectivity index (χ2v) is 13.4. The number of nitrogens with zero attached hydrogens (tertiary/aromatic N) is 1. The van der Waals surface area contributed by atoms with E-state index >= 15 is 0 Å². The second kappa shape index (κ2) is 16.5. The van der Waals surface area contributed by atoms with Crippen LogP contribution in [0.5, 0.6) is 11.5 Å². The predicted molar refractivity (Wildman–Crippen MR) is 178 cm³/mol. The number of hydrogen-bond donors (Lipinski definition) is 3. The van der Waals surface area contributed by atoms with Gasteiger partial charge in [0.15, 0.2) is 0 Å². The van der Waals surface area contributed by atoms with E-state index in [4.69, 9.17) is 14.3 Å². The fourth-order valence-electron chi connectivity index (χ4n) is 5.00. The van der Waals surface area contributed by atoms with Crippen molar-refractivity contribution in [3.05, 3.63) is 65.9 Å². The molecule has 1 heterocycles. The lowest BCUT2D eigenvalue weighted by Gasteiger charge is -2.33. The molecule has 3 atom stereocenters. The average molecular weight is 639 g/mol. The minimum atomic E-state index is -0.838. The zero-order chi connectivity index (χ0) is 33.1. The number of fused-ring (bicyclic) bond motifs is 1. The summed E-state index contributed by atoms with van der Waals surface area (Å²) in [5.74, 6) is -0.170. The molecule has 0 aliphatic heterocycles. The van der Waals surface area contributed by atoms with Gasteiger partial charge >= 0.3 is 0 Å². The van der Waals surface area contributed by atoms with Crippen molar-refractivity contribution in [3.8, 4) is 11.5 Å². The molecule has 45 heavy (non-hydrogen) atoms. The van der Waals surface area contributed by atoms with Gasteiger partial charge in [0.1, 0.15) is 24.1 Å². The number of methoxy groups -OCH3 is 2. The highest BCUT2D eigenvalue weighted by Crippen LogP contribution is 2.32. The van der Waals surface area contributed by atoms with Gasteiger partial charge in [-0.05, 0) is 41.5 Å². The molecule has 0 radical (unpaired) electrons. The van der Waals surface area contributed by atoms with Gasteiger partial charge in [0, 0.05) is 36.0 Å². The van der Waals surface area contributed by atoms with Crippen molar-refractivity contribution < 1.29 is 28.7 Å². The molecule has 0 aliphatic rings. The van der Waals surface area contributed by atoms with E-state index in [1.165, 1.54) is 18.8 Å². The predicted octanol–water partition coefficient (Wildman–Crippen LogP) is 5.04. The fourth-order valence-corrected chi connectivity index (χ4v) is 6.26. The van der Waals surface area contributed by atoms with Crippen LogP contribution in [0.15, 0.2) is 54.7 Å². The summed E-state index contributed by atoms with van der Waals surface area (Å²) in [5, 5.41) is 5.76. The van der Waals surface area contributed by atoms with Crippen molar-refractivity contribution in [2.75, 3.05) is 21.3 Å². The van der Waals surface area contributed by atoms with Crippen molar-refractivity contribution in [1.29, 1.82) is 0 Å². The van der Waals surface area contributed by atoms with E-state index in [1.807, 2.05) is 65.0 Å². The minimum absolute atomic E-state index is 0.0351. The first kappa shape index (κ1) is 35.6. The van der Waals surface area contributed by atoms with E-state index in [1.54, 1.807) is 38.6 Å². The number of benzene rings is 2. The lowest BCUT2D eigenvalue weighted by atomic mass is 9.85. The normalized spacial score (nSPS) is 13.5. The first-order chi connectivity index (χ1) is 21.4. The maximum absolute atomic E-state index is 14.0. The second-order valence-electron chi connectivity index (χ2n) is 12.3. The van der Waals surface area contributed by atoms with Crippen molar-refractivity contribution in [2.24, 2.45) is 17.3 Å². The monoisotopic (exact) mass is 638 g/mol. The van der Waals surface area contributed by atoms with Crippen LogP contribution < -0.4 is 25.6 Å². The first-order valence-corrected chi connectivity index (χ1v) is 16.0. The number of carbonyl (C=O) groups is 3. The molecule has 1 aromatic heterocycles. The summed E-state index contributed by atoms with van der Waals surface area (Å²) in [6.45, 7) is 9.70. The summed E-state index contributed by atoms with van der Waals surface area (Å²) >= 11 is 1.35. The molecule has 3 aromatic rings. The first-order valence-electron chi connectivity index (χ1n) is 15.0. The summed E-state index contributed by atoms with van der Waals surface area (Å²) in [6.07, 6.45) is 2.16. The van der Waals surface area contributed by atoms with Crippen LogP contribution in [0.3, 0.4) is 0 Å². The molecular weight excluding hydrogens is 592 g/mol. The fraction of sp³-hybridized carbons (Fsp3) is 0.471. The van der Waals surface area contributed by atoms with Crippen LogP contribution in [0.25, 0.3) is 10.9 Å². The molecule has 3 rings (SSSR count). The Morgan fingerprint density at radius 1 is 0.933 bits per heavy atom. The number of thioether (sulfide) groups is 1. The van der Waals surface area contributed by atoms with Crippen LogP contribution in [-0.4, -0.2) is 55.3 Å². The van der Waals surface area contributed by atoms with E-state index < -0.39 is 28.5 Å². The van der Waals surface area contributed by atoms with Gasteiger partial charge in [-0.3, -0.25) is 24.2 Å². The topological polar surface area (TPSA) is 128 Å². The Morgan fingerprint density at radius 2 is 1.67 bits per heavy atom. The number of ether oxygens (including phenoxy) is 2. The molecule has 3 amide bonds. The highest BCUT2D eigenvalue weighted by atomic mass is 32.2. The number of nitrogens with one attached hydrogen (secondary N) is 3. The lowest BCUT2D eigenvalue weighted by molar-refractivity contribution is -0.139. The Bertz CT molecular complexity index is 1450. The summed E-state index contributed by atoms with van der Waals surface area (Å²) in [4.78, 5) is 50.9. The number of pyridine rings is 1. The zero-order valence-electron chi connectivity index (χ0n) is 27.4. The summed E-state index contributed by atoms with van der Waals surface area (Å²) in [5.41, 5.74) is 4.53. The van der Waals surface area contributed by atoms with Crippen molar-refractivity contribution in [3.63, 3.8) is 0 Å². The van der Waals surface area contributed by atoms with Gasteiger partial charge in [-0.25, -0.2) is 5.48 Å². The van der Waals surface area contributed by atoms with Crippen LogP contribution >= 0.6 is 11.8 Å².